The zero-order valence-electron chi connectivity index (χ0n) is 10.6. The molecule has 94 valence electrons. The van der Waals surface area contributed by atoms with E-state index in [2.05, 4.69) is 12.1 Å². The first-order chi connectivity index (χ1) is 7.98. The summed E-state index contributed by atoms with van der Waals surface area (Å²) in [6.45, 7) is 4.09. The summed E-state index contributed by atoms with van der Waals surface area (Å²) in [6.07, 6.45) is 4.15. The van der Waals surface area contributed by atoms with Crippen molar-refractivity contribution in [1.82, 2.24) is 0 Å². The fourth-order valence-electron chi connectivity index (χ4n) is 5.58. The number of nitrogens with zero attached hydrogens (tertiary/aromatic N) is 1. The van der Waals surface area contributed by atoms with Crippen molar-refractivity contribution in [2.24, 2.45) is 40.7 Å². The van der Waals surface area contributed by atoms with E-state index < -0.39 is 5.60 Å². The van der Waals surface area contributed by atoms with Crippen LogP contribution in [0.4, 0.5) is 0 Å². The molecule has 0 bridgehead atoms. The Morgan fingerprint density at radius 2 is 2.00 bits per heavy atom. The lowest BCUT2D eigenvalue weighted by molar-refractivity contribution is 0.0129. The Balaban J connectivity index is 1.69. The highest BCUT2D eigenvalue weighted by Crippen LogP contribution is 2.76. The zero-order chi connectivity index (χ0) is 12.0. The van der Waals surface area contributed by atoms with Crippen LogP contribution in [-0.4, -0.2) is 16.2 Å². The van der Waals surface area contributed by atoms with E-state index in [0.29, 0.717) is 35.5 Å². The molecule has 4 aliphatic rings. The summed E-state index contributed by atoms with van der Waals surface area (Å²) in [7, 11) is 0. The molecule has 0 spiro atoms. The Hall–Kier alpha value is -0.440. The molecule has 0 radical (unpaired) electrons. The molecule has 4 aliphatic carbocycles. The van der Waals surface area contributed by atoms with E-state index in [1.165, 1.54) is 6.42 Å². The summed E-state index contributed by atoms with van der Waals surface area (Å²) < 4.78 is 0. The van der Waals surface area contributed by atoms with Crippen LogP contribution in [0.15, 0.2) is 5.18 Å². The summed E-state index contributed by atoms with van der Waals surface area (Å²) >= 11 is 0. The van der Waals surface area contributed by atoms with Gasteiger partial charge in [0.1, 0.15) is 5.54 Å². The van der Waals surface area contributed by atoms with Crippen LogP contribution in [0.25, 0.3) is 0 Å². The molecule has 3 heteroatoms. The van der Waals surface area contributed by atoms with Gasteiger partial charge in [-0.25, -0.2) is 0 Å². The quantitative estimate of drug-likeness (QED) is 0.710. The highest BCUT2D eigenvalue weighted by Gasteiger charge is 2.76. The van der Waals surface area contributed by atoms with E-state index >= 15 is 0 Å². The molecule has 4 saturated carbocycles. The first-order valence-electron chi connectivity index (χ1n) is 7.05. The molecule has 0 saturated heterocycles. The van der Waals surface area contributed by atoms with Gasteiger partial charge in [-0.3, -0.25) is 0 Å². The van der Waals surface area contributed by atoms with Gasteiger partial charge in [0.2, 0.25) is 0 Å². The largest absolute Gasteiger partial charge is 0.390 e. The van der Waals surface area contributed by atoms with Crippen molar-refractivity contribution < 1.29 is 5.11 Å². The number of rotatable bonds is 1. The van der Waals surface area contributed by atoms with Crippen LogP contribution in [0.2, 0.25) is 0 Å². The third-order valence-electron chi connectivity index (χ3n) is 6.43. The maximum absolute atomic E-state index is 11.3. The van der Waals surface area contributed by atoms with Gasteiger partial charge < -0.3 is 5.11 Å². The van der Waals surface area contributed by atoms with Crippen molar-refractivity contribution in [3.8, 4) is 0 Å². The number of fused-ring (bicyclic) bond motifs is 3. The van der Waals surface area contributed by atoms with E-state index in [1.807, 2.05) is 6.92 Å². The number of hydrogen-bond acceptors (Lipinski definition) is 3. The Bertz CT molecular complexity index is 394. The van der Waals surface area contributed by atoms with Gasteiger partial charge in [0.15, 0.2) is 0 Å². The van der Waals surface area contributed by atoms with Crippen LogP contribution in [-0.2, 0) is 0 Å². The highest BCUT2D eigenvalue weighted by atomic mass is 16.3. The Morgan fingerprint density at radius 1 is 1.24 bits per heavy atom. The zero-order valence-corrected chi connectivity index (χ0v) is 10.6. The molecule has 3 nitrogen and oxygen atoms in total. The highest BCUT2D eigenvalue weighted by molar-refractivity contribution is 5.25. The number of nitroso groups, excluding NO2 is 1. The van der Waals surface area contributed by atoms with Crippen LogP contribution >= 0.6 is 0 Å². The molecule has 0 aliphatic heterocycles. The molecule has 0 aromatic rings. The minimum Gasteiger partial charge on any atom is -0.390 e. The Kier molecular flexibility index (Phi) is 1.70. The van der Waals surface area contributed by atoms with Gasteiger partial charge in [0, 0.05) is 0 Å². The van der Waals surface area contributed by atoms with Gasteiger partial charge in [-0.1, -0.05) is 5.18 Å². The van der Waals surface area contributed by atoms with Crippen molar-refractivity contribution in [2.45, 2.75) is 50.7 Å². The second-order valence-electron chi connectivity index (χ2n) is 7.49. The van der Waals surface area contributed by atoms with E-state index in [1.54, 1.807) is 0 Å². The first kappa shape index (κ1) is 10.5. The second kappa shape index (κ2) is 2.76. The lowest BCUT2D eigenvalue weighted by Crippen LogP contribution is -2.38. The molecule has 1 N–H and O–H groups in total. The molecule has 0 aromatic heterocycles. The molecular formula is C14H21NO2. The van der Waals surface area contributed by atoms with Crippen LogP contribution in [0.3, 0.4) is 0 Å². The van der Waals surface area contributed by atoms with Gasteiger partial charge in [-0.15, -0.1) is 0 Å². The minimum absolute atomic E-state index is 0.264. The third-order valence-corrected chi connectivity index (χ3v) is 6.43. The average molecular weight is 235 g/mol. The van der Waals surface area contributed by atoms with Crippen molar-refractivity contribution in [3.63, 3.8) is 0 Å². The summed E-state index contributed by atoms with van der Waals surface area (Å²) in [5.74, 6) is 3.84. The van der Waals surface area contributed by atoms with E-state index in [4.69, 9.17) is 0 Å². The average Bonchev–Trinajstić information content (AvgIpc) is 3.10. The fourth-order valence-corrected chi connectivity index (χ4v) is 5.58. The predicted molar refractivity (Wildman–Crippen MR) is 64.2 cm³/mol. The topological polar surface area (TPSA) is 49.7 Å². The molecule has 7 unspecified atom stereocenters. The number of aliphatic hydroxyl groups is 1. The van der Waals surface area contributed by atoms with E-state index in [0.717, 1.165) is 19.3 Å². The molecule has 17 heavy (non-hydrogen) atoms. The molecule has 4 rings (SSSR count). The lowest BCUT2D eigenvalue weighted by Gasteiger charge is -2.34. The monoisotopic (exact) mass is 235 g/mol. The summed E-state index contributed by atoms with van der Waals surface area (Å²) in [6, 6.07) is 0. The van der Waals surface area contributed by atoms with Crippen LogP contribution in [0, 0.1) is 40.4 Å². The molecule has 8 atom stereocenters. The molecule has 0 amide bonds. The molecular weight excluding hydrogens is 214 g/mol. The maximum atomic E-state index is 11.3. The summed E-state index contributed by atoms with van der Waals surface area (Å²) in [5.41, 5.74) is -0.724. The number of hydrogen-bond donors (Lipinski definition) is 1. The summed E-state index contributed by atoms with van der Waals surface area (Å²) in [4.78, 5) is 11.3. The van der Waals surface area contributed by atoms with Gasteiger partial charge in [0.25, 0.3) is 0 Å². The smallest absolute Gasteiger partial charge is 0.106 e. The van der Waals surface area contributed by atoms with E-state index in [-0.39, 0.29) is 5.54 Å². The SMILES string of the molecule is CC1(O)CC[C@H]2C3C(C1)C1CC1C(C)(N=O)C32. The van der Waals surface area contributed by atoms with Crippen LogP contribution in [0.1, 0.15) is 39.5 Å². The Morgan fingerprint density at radius 3 is 2.71 bits per heavy atom. The van der Waals surface area contributed by atoms with Gasteiger partial charge in [0.05, 0.1) is 5.60 Å². The normalized spacial score (nSPS) is 67.5. The summed E-state index contributed by atoms with van der Waals surface area (Å²) in [5, 5.41) is 13.9. The van der Waals surface area contributed by atoms with Crippen molar-refractivity contribution in [2.75, 3.05) is 0 Å². The lowest BCUT2D eigenvalue weighted by atomic mass is 9.74. The van der Waals surface area contributed by atoms with E-state index in [9.17, 15) is 10.0 Å². The third kappa shape index (κ3) is 1.16. The van der Waals surface area contributed by atoms with Gasteiger partial charge >= 0.3 is 0 Å². The van der Waals surface area contributed by atoms with Crippen molar-refractivity contribution >= 4 is 0 Å². The predicted octanol–water partition coefficient (Wildman–Crippen LogP) is 2.57. The van der Waals surface area contributed by atoms with Crippen molar-refractivity contribution in [1.29, 1.82) is 0 Å². The molecule has 0 aromatic carbocycles. The molecule has 4 fully saturated rings. The van der Waals surface area contributed by atoms with Crippen molar-refractivity contribution in [3.05, 3.63) is 4.91 Å². The second-order valence-corrected chi connectivity index (χ2v) is 7.49. The van der Waals surface area contributed by atoms with Crippen LogP contribution < -0.4 is 0 Å². The van der Waals surface area contributed by atoms with Gasteiger partial charge in [-0.2, -0.15) is 4.91 Å². The van der Waals surface area contributed by atoms with Gasteiger partial charge in [-0.05, 0) is 75.0 Å². The molecule has 0 heterocycles. The fraction of sp³-hybridized carbons (Fsp3) is 1.00. The van der Waals surface area contributed by atoms with Crippen LogP contribution in [0.5, 0.6) is 0 Å². The standard InChI is InChI=1S/C14H21NO2/c1-13(16)4-3-7-11-9(6-13)8-5-10(8)14(2,15-17)12(7)11/h7-12,16H,3-6H2,1-2H3/t7-,8?,9?,10?,11?,12?,13?,14?/m0/s1. The Labute approximate surface area is 102 Å². The minimum atomic E-state index is -0.460. The first-order valence-corrected chi connectivity index (χ1v) is 7.05. The maximum Gasteiger partial charge on any atom is 0.106 e.